The first-order chi connectivity index (χ1) is 12.5. The van der Waals surface area contributed by atoms with Crippen LogP contribution in [-0.4, -0.2) is 47.1 Å². The standard InChI is InChI=1S/C18H25N5O2S/c1-14-4-2-3-5-16(14)13-26(24,25)22-9-6-15(7-10-22)18-21-20-17-12-19-8-11-23(17)18/h2-5,15,19H,6-13H2,1H3. The maximum Gasteiger partial charge on any atom is 0.218 e. The van der Waals surface area contributed by atoms with Gasteiger partial charge in [-0.1, -0.05) is 24.3 Å². The van der Waals surface area contributed by atoms with Crippen molar-refractivity contribution in [3.8, 4) is 0 Å². The average molecular weight is 375 g/mol. The third-order valence-corrected chi connectivity index (χ3v) is 7.29. The first kappa shape index (κ1) is 17.6. The molecule has 1 fully saturated rings. The topological polar surface area (TPSA) is 80.1 Å². The minimum Gasteiger partial charge on any atom is -0.312 e. The first-order valence-electron chi connectivity index (χ1n) is 9.19. The van der Waals surface area contributed by atoms with Crippen LogP contribution in [0, 0.1) is 6.92 Å². The van der Waals surface area contributed by atoms with Crippen molar-refractivity contribution in [2.45, 2.75) is 44.5 Å². The highest BCUT2D eigenvalue weighted by Gasteiger charge is 2.32. The lowest BCUT2D eigenvalue weighted by molar-refractivity contribution is 0.306. The molecule has 1 saturated heterocycles. The van der Waals surface area contributed by atoms with Crippen LogP contribution in [0.5, 0.6) is 0 Å². The second-order valence-electron chi connectivity index (χ2n) is 7.16. The number of hydrogen-bond donors (Lipinski definition) is 1. The molecule has 2 aromatic rings. The van der Waals surface area contributed by atoms with Crippen LogP contribution in [0.2, 0.25) is 0 Å². The molecule has 1 N–H and O–H groups in total. The van der Waals surface area contributed by atoms with Gasteiger partial charge in [-0.2, -0.15) is 0 Å². The Morgan fingerprint density at radius 1 is 1.15 bits per heavy atom. The van der Waals surface area contributed by atoms with Crippen molar-refractivity contribution < 1.29 is 8.42 Å². The second-order valence-corrected chi connectivity index (χ2v) is 9.13. The molecule has 0 aliphatic carbocycles. The van der Waals surface area contributed by atoms with Gasteiger partial charge in [0.1, 0.15) is 11.6 Å². The molecule has 0 amide bonds. The number of nitrogens with zero attached hydrogens (tertiary/aromatic N) is 4. The summed E-state index contributed by atoms with van der Waals surface area (Å²) in [5.74, 6) is 2.38. The lowest BCUT2D eigenvalue weighted by atomic mass is 9.97. The zero-order valence-corrected chi connectivity index (χ0v) is 15.9. The van der Waals surface area contributed by atoms with E-state index in [1.54, 1.807) is 4.31 Å². The highest BCUT2D eigenvalue weighted by atomic mass is 32.2. The number of piperidine rings is 1. The predicted molar refractivity (Wildman–Crippen MR) is 99.1 cm³/mol. The lowest BCUT2D eigenvalue weighted by Crippen LogP contribution is -2.39. The van der Waals surface area contributed by atoms with Crippen LogP contribution in [-0.2, 0) is 28.9 Å². The molecule has 2 aliphatic heterocycles. The van der Waals surface area contributed by atoms with Crippen molar-refractivity contribution >= 4 is 10.0 Å². The van der Waals surface area contributed by atoms with Gasteiger partial charge in [0.15, 0.2) is 0 Å². The molecule has 0 saturated carbocycles. The summed E-state index contributed by atoms with van der Waals surface area (Å²) >= 11 is 0. The number of rotatable bonds is 4. The Morgan fingerprint density at radius 2 is 1.92 bits per heavy atom. The van der Waals surface area contributed by atoms with E-state index in [4.69, 9.17) is 0 Å². The Labute approximate surface area is 154 Å². The Hall–Kier alpha value is -1.77. The zero-order chi connectivity index (χ0) is 18.1. The van der Waals surface area contributed by atoms with Crippen molar-refractivity contribution in [2.75, 3.05) is 19.6 Å². The van der Waals surface area contributed by atoms with Gasteiger partial charge in [0.25, 0.3) is 0 Å². The van der Waals surface area contributed by atoms with Gasteiger partial charge < -0.3 is 9.88 Å². The number of nitrogens with one attached hydrogen (secondary N) is 1. The van der Waals surface area contributed by atoms with E-state index in [1.165, 1.54) is 0 Å². The normalized spacial score (nSPS) is 19.4. The van der Waals surface area contributed by atoms with E-state index < -0.39 is 10.0 Å². The molecule has 1 aromatic carbocycles. The molecule has 0 spiro atoms. The van der Waals surface area contributed by atoms with Crippen LogP contribution < -0.4 is 5.32 Å². The van der Waals surface area contributed by atoms with Crippen LogP contribution in [0.3, 0.4) is 0 Å². The van der Waals surface area contributed by atoms with E-state index in [0.29, 0.717) is 19.0 Å². The number of hydrogen-bond acceptors (Lipinski definition) is 5. The minimum atomic E-state index is -3.29. The number of aromatic nitrogens is 3. The van der Waals surface area contributed by atoms with Crippen molar-refractivity contribution in [2.24, 2.45) is 0 Å². The number of benzene rings is 1. The molecule has 0 atom stereocenters. The maximum absolute atomic E-state index is 12.8. The average Bonchev–Trinajstić information content (AvgIpc) is 3.08. The lowest BCUT2D eigenvalue weighted by Gasteiger charge is -2.31. The van der Waals surface area contributed by atoms with E-state index in [-0.39, 0.29) is 5.75 Å². The summed E-state index contributed by atoms with van der Waals surface area (Å²) in [6, 6.07) is 7.69. The van der Waals surface area contributed by atoms with Gasteiger partial charge in [-0.05, 0) is 30.9 Å². The SMILES string of the molecule is Cc1ccccc1CS(=O)(=O)N1CCC(c2nnc3n2CCNC3)CC1. The van der Waals surface area contributed by atoms with Gasteiger partial charge in [-0.25, -0.2) is 12.7 Å². The number of fused-ring (bicyclic) bond motifs is 1. The molecular weight excluding hydrogens is 350 g/mol. The summed E-state index contributed by atoms with van der Waals surface area (Å²) in [6.45, 7) is 5.65. The molecule has 140 valence electrons. The molecule has 0 radical (unpaired) electrons. The van der Waals surface area contributed by atoms with Crippen LogP contribution >= 0.6 is 0 Å². The molecule has 3 heterocycles. The molecule has 0 bridgehead atoms. The molecule has 4 rings (SSSR count). The monoisotopic (exact) mass is 375 g/mol. The van der Waals surface area contributed by atoms with Crippen LogP contribution in [0.25, 0.3) is 0 Å². The molecule has 26 heavy (non-hydrogen) atoms. The van der Waals surface area contributed by atoms with Crippen LogP contribution in [0.15, 0.2) is 24.3 Å². The molecule has 0 unspecified atom stereocenters. The maximum atomic E-state index is 12.8. The summed E-state index contributed by atoms with van der Waals surface area (Å²) in [5.41, 5.74) is 1.91. The molecule has 8 heteroatoms. The Morgan fingerprint density at radius 3 is 2.69 bits per heavy atom. The van der Waals surface area contributed by atoms with E-state index in [2.05, 4.69) is 20.1 Å². The smallest absolute Gasteiger partial charge is 0.218 e. The van der Waals surface area contributed by atoms with Gasteiger partial charge in [-0.15, -0.1) is 10.2 Å². The molecular formula is C18H25N5O2S. The second kappa shape index (κ2) is 7.09. The van der Waals surface area contributed by atoms with Crippen molar-refractivity contribution in [1.82, 2.24) is 24.4 Å². The van der Waals surface area contributed by atoms with E-state index in [9.17, 15) is 8.42 Å². The third-order valence-electron chi connectivity index (χ3n) is 5.46. The van der Waals surface area contributed by atoms with Gasteiger partial charge in [0, 0.05) is 32.1 Å². The fraction of sp³-hybridized carbons (Fsp3) is 0.556. The first-order valence-corrected chi connectivity index (χ1v) is 10.8. The van der Waals surface area contributed by atoms with Crippen LogP contribution in [0.4, 0.5) is 0 Å². The highest BCUT2D eigenvalue weighted by Crippen LogP contribution is 2.29. The van der Waals surface area contributed by atoms with Gasteiger partial charge >= 0.3 is 0 Å². The van der Waals surface area contributed by atoms with Gasteiger partial charge in [0.05, 0.1) is 12.3 Å². The Bertz CT molecular complexity index is 885. The van der Waals surface area contributed by atoms with Crippen molar-refractivity contribution in [3.05, 3.63) is 47.0 Å². The molecule has 7 nitrogen and oxygen atoms in total. The summed E-state index contributed by atoms with van der Waals surface area (Å²) in [5, 5.41) is 12.0. The third kappa shape index (κ3) is 3.41. The number of aryl methyl sites for hydroxylation is 1. The largest absolute Gasteiger partial charge is 0.312 e. The fourth-order valence-corrected chi connectivity index (χ4v) is 5.54. The highest BCUT2D eigenvalue weighted by molar-refractivity contribution is 7.88. The summed E-state index contributed by atoms with van der Waals surface area (Å²) < 4.78 is 29.5. The summed E-state index contributed by atoms with van der Waals surface area (Å²) in [7, 11) is -3.29. The van der Waals surface area contributed by atoms with Crippen molar-refractivity contribution in [1.29, 1.82) is 0 Å². The van der Waals surface area contributed by atoms with E-state index >= 15 is 0 Å². The van der Waals surface area contributed by atoms with E-state index in [0.717, 1.165) is 55.3 Å². The van der Waals surface area contributed by atoms with E-state index in [1.807, 2.05) is 31.2 Å². The number of sulfonamides is 1. The molecule has 1 aromatic heterocycles. The zero-order valence-electron chi connectivity index (χ0n) is 15.1. The van der Waals surface area contributed by atoms with Crippen molar-refractivity contribution in [3.63, 3.8) is 0 Å². The Kier molecular flexibility index (Phi) is 4.81. The summed E-state index contributed by atoms with van der Waals surface area (Å²) in [4.78, 5) is 0. The van der Waals surface area contributed by atoms with Crippen LogP contribution in [0.1, 0.15) is 41.5 Å². The van der Waals surface area contributed by atoms with Gasteiger partial charge in [0.2, 0.25) is 10.0 Å². The van der Waals surface area contributed by atoms with Gasteiger partial charge in [-0.3, -0.25) is 0 Å². The molecule has 2 aliphatic rings. The summed E-state index contributed by atoms with van der Waals surface area (Å²) in [6.07, 6.45) is 1.61. The predicted octanol–water partition coefficient (Wildman–Crippen LogP) is 1.40. The minimum absolute atomic E-state index is 0.0797. The Balaban J connectivity index is 1.43. The fourth-order valence-electron chi connectivity index (χ4n) is 3.87. The quantitative estimate of drug-likeness (QED) is 0.874.